The monoisotopic (exact) mass is 389 g/mol. The maximum Gasteiger partial charge on any atom is 0.309 e. The fourth-order valence-corrected chi connectivity index (χ4v) is 3.41. The highest BCUT2D eigenvalue weighted by Crippen LogP contribution is 2.21. The largest absolute Gasteiger partial charge is 0.466 e. The van der Waals surface area contributed by atoms with E-state index < -0.39 is 0 Å². The predicted molar refractivity (Wildman–Crippen MR) is 100 cm³/mol. The van der Waals surface area contributed by atoms with Gasteiger partial charge in [-0.05, 0) is 39.7 Å². The minimum atomic E-state index is -0.158. The molecule has 3 rings (SSSR count). The zero-order valence-corrected chi connectivity index (χ0v) is 16.7. The van der Waals surface area contributed by atoms with Gasteiger partial charge in [0.25, 0.3) is 5.89 Å². The van der Waals surface area contributed by atoms with E-state index in [1.165, 1.54) is 0 Å². The van der Waals surface area contributed by atoms with Crippen molar-refractivity contribution in [1.82, 2.24) is 24.9 Å². The topological polar surface area (TPSA) is 103 Å². The predicted octanol–water partition coefficient (Wildman–Crippen LogP) is 2.00. The van der Waals surface area contributed by atoms with E-state index in [0.29, 0.717) is 63.7 Å². The van der Waals surface area contributed by atoms with Crippen molar-refractivity contribution in [3.8, 4) is 11.6 Å². The minimum absolute atomic E-state index is 0.0384. The lowest BCUT2D eigenvalue weighted by Crippen LogP contribution is -2.40. The van der Waals surface area contributed by atoms with E-state index in [-0.39, 0.29) is 17.8 Å². The third-order valence-corrected chi connectivity index (χ3v) is 4.91. The lowest BCUT2D eigenvalue weighted by Gasteiger charge is -2.30. The number of hydrogen-bond acceptors (Lipinski definition) is 7. The molecule has 9 nitrogen and oxygen atoms in total. The van der Waals surface area contributed by atoms with E-state index >= 15 is 0 Å². The number of piperidine rings is 1. The fourth-order valence-electron chi connectivity index (χ4n) is 3.41. The summed E-state index contributed by atoms with van der Waals surface area (Å²) in [5, 5.41) is 12.5. The van der Waals surface area contributed by atoms with E-state index in [9.17, 15) is 9.59 Å². The van der Waals surface area contributed by atoms with Crippen molar-refractivity contribution in [2.45, 2.75) is 53.0 Å². The summed E-state index contributed by atoms with van der Waals surface area (Å²) in [4.78, 5) is 26.0. The molecular weight excluding hydrogens is 362 g/mol. The molecular formula is C19H27N5O4. The molecule has 1 aliphatic rings. The maximum absolute atomic E-state index is 12.5. The van der Waals surface area contributed by atoms with Crippen molar-refractivity contribution in [3.63, 3.8) is 0 Å². The molecule has 1 fully saturated rings. The summed E-state index contributed by atoms with van der Waals surface area (Å²) in [5.74, 6) is 0.631. The van der Waals surface area contributed by atoms with Crippen molar-refractivity contribution < 1.29 is 18.7 Å². The number of aryl methyl sites for hydroxylation is 3. The first-order chi connectivity index (χ1) is 13.5. The van der Waals surface area contributed by atoms with Crippen LogP contribution in [-0.2, 0) is 27.3 Å². The van der Waals surface area contributed by atoms with Crippen LogP contribution in [-0.4, -0.2) is 56.5 Å². The Balaban J connectivity index is 1.51. The van der Waals surface area contributed by atoms with Gasteiger partial charge in [0.1, 0.15) is 5.69 Å². The van der Waals surface area contributed by atoms with Gasteiger partial charge < -0.3 is 14.1 Å². The molecule has 3 heterocycles. The average molecular weight is 389 g/mol. The van der Waals surface area contributed by atoms with Crippen molar-refractivity contribution in [2.75, 3.05) is 19.7 Å². The summed E-state index contributed by atoms with van der Waals surface area (Å²) in [5.41, 5.74) is 1.67. The number of aromatic nitrogens is 4. The summed E-state index contributed by atoms with van der Waals surface area (Å²) in [7, 11) is 0. The molecule has 0 bridgehead atoms. The SMILES string of the molecule is CCOC(=O)C1CCN(C(=O)CCc2nnc(-c3cc(C)nn3CC)o2)CC1. The van der Waals surface area contributed by atoms with Gasteiger partial charge in [0.15, 0.2) is 0 Å². The summed E-state index contributed by atoms with van der Waals surface area (Å²) in [6.45, 7) is 7.97. The summed E-state index contributed by atoms with van der Waals surface area (Å²) >= 11 is 0. The van der Waals surface area contributed by atoms with Gasteiger partial charge >= 0.3 is 5.97 Å². The fraction of sp³-hybridized carbons (Fsp3) is 0.632. The van der Waals surface area contributed by atoms with Gasteiger partial charge in [-0.15, -0.1) is 10.2 Å². The second-order valence-corrected chi connectivity index (χ2v) is 6.89. The molecule has 9 heteroatoms. The van der Waals surface area contributed by atoms with Gasteiger partial charge in [-0.1, -0.05) is 0 Å². The van der Waals surface area contributed by atoms with Gasteiger partial charge in [0, 0.05) is 32.5 Å². The summed E-state index contributed by atoms with van der Waals surface area (Å²) in [6, 6.07) is 1.90. The molecule has 0 saturated carbocycles. The highest BCUT2D eigenvalue weighted by molar-refractivity contribution is 5.77. The first-order valence-electron chi connectivity index (χ1n) is 9.83. The number of esters is 1. The van der Waals surface area contributed by atoms with Crippen LogP contribution in [0.25, 0.3) is 11.6 Å². The van der Waals surface area contributed by atoms with Crippen molar-refractivity contribution in [2.24, 2.45) is 5.92 Å². The molecule has 0 atom stereocenters. The van der Waals surface area contributed by atoms with Crippen LogP contribution in [0.5, 0.6) is 0 Å². The first-order valence-corrected chi connectivity index (χ1v) is 9.83. The van der Waals surface area contributed by atoms with Crippen molar-refractivity contribution in [1.29, 1.82) is 0 Å². The number of rotatable bonds is 7. The molecule has 0 aliphatic carbocycles. The van der Waals surface area contributed by atoms with Gasteiger partial charge in [-0.2, -0.15) is 5.10 Å². The van der Waals surface area contributed by atoms with Crippen molar-refractivity contribution >= 4 is 11.9 Å². The molecule has 1 aliphatic heterocycles. The lowest BCUT2D eigenvalue weighted by atomic mass is 9.97. The van der Waals surface area contributed by atoms with Crippen LogP contribution in [0.1, 0.15) is 44.7 Å². The Hall–Kier alpha value is -2.71. The van der Waals surface area contributed by atoms with E-state index in [1.807, 2.05) is 24.6 Å². The third-order valence-electron chi connectivity index (χ3n) is 4.91. The number of nitrogens with zero attached hydrogens (tertiary/aromatic N) is 5. The zero-order valence-electron chi connectivity index (χ0n) is 16.7. The highest BCUT2D eigenvalue weighted by Gasteiger charge is 2.28. The molecule has 0 spiro atoms. The van der Waals surface area contributed by atoms with Crippen LogP contribution in [0.2, 0.25) is 0 Å². The summed E-state index contributed by atoms with van der Waals surface area (Å²) in [6.07, 6.45) is 1.99. The van der Waals surface area contributed by atoms with Gasteiger partial charge in [-0.3, -0.25) is 14.3 Å². The average Bonchev–Trinajstić information content (AvgIpc) is 3.32. The molecule has 0 N–H and O–H groups in total. The first kappa shape index (κ1) is 20.0. The molecule has 2 aromatic rings. The van der Waals surface area contributed by atoms with E-state index in [0.717, 1.165) is 11.4 Å². The van der Waals surface area contributed by atoms with Crippen LogP contribution in [0.3, 0.4) is 0 Å². The van der Waals surface area contributed by atoms with Crippen LogP contribution >= 0.6 is 0 Å². The Morgan fingerprint density at radius 3 is 2.68 bits per heavy atom. The van der Waals surface area contributed by atoms with Crippen molar-refractivity contribution in [3.05, 3.63) is 17.7 Å². The normalized spacial score (nSPS) is 15.0. The Bertz CT molecular complexity index is 820. The van der Waals surface area contributed by atoms with Gasteiger partial charge in [0.05, 0.1) is 18.2 Å². The number of likely N-dealkylation sites (tertiary alicyclic amines) is 1. The van der Waals surface area contributed by atoms with E-state index in [2.05, 4.69) is 15.3 Å². The molecule has 152 valence electrons. The number of hydrogen-bond donors (Lipinski definition) is 0. The lowest BCUT2D eigenvalue weighted by molar-refractivity contribution is -0.151. The number of amides is 1. The smallest absolute Gasteiger partial charge is 0.309 e. The van der Waals surface area contributed by atoms with Crippen LogP contribution in [0.4, 0.5) is 0 Å². The molecule has 28 heavy (non-hydrogen) atoms. The number of carbonyl (C=O) groups is 2. The standard InChI is InChI=1S/C19H27N5O4/c1-4-24-15(12-13(3)22-24)18-21-20-16(28-18)6-7-17(25)23-10-8-14(9-11-23)19(26)27-5-2/h12,14H,4-11H2,1-3H3. The molecule has 0 radical (unpaired) electrons. The van der Waals surface area contributed by atoms with Crippen LogP contribution in [0.15, 0.2) is 10.5 Å². The Morgan fingerprint density at radius 2 is 2.00 bits per heavy atom. The van der Waals surface area contributed by atoms with Gasteiger partial charge in [-0.25, -0.2) is 0 Å². The zero-order chi connectivity index (χ0) is 20.1. The summed E-state index contributed by atoms with van der Waals surface area (Å²) < 4.78 is 12.6. The Labute approximate surface area is 164 Å². The second kappa shape index (κ2) is 8.99. The van der Waals surface area contributed by atoms with Crippen LogP contribution in [0, 0.1) is 12.8 Å². The Kier molecular flexibility index (Phi) is 6.43. The maximum atomic E-state index is 12.5. The quantitative estimate of drug-likeness (QED) is 0.667. The third kappa shape index (κ3) is 4.58. The Morgan fingerprint density at radius 1 is 1.25 bits per heavy atom. The number of carbonyl (C=O) groups excluding carboxylic acids is 2. The molecule has 1 saturated heterocycles. The van der Waals surface area contributed by atoms with E-state index in [1.54, 1.807) is 11.8 Å². The molecule has 1 amide bonds. The molecule has 0 unspecified atom stereocenters. The second-order valence-electron chi connectivity index (χ2n) is 6.89. The molecule has 2 aromatic heterocycles. The van der Waals surface area contributed by atoms with Crippen LogP contribution < -0.4 is 0 Å². The highest BCUT2D eigenvalue weighted by atomic mass is 16.5. The minimum Gasteiger partial charge on any atom is -0.466 e. The van der Waals surface area contributed by atoms with E-state index in [4.69, 9.17) is 9.15 Å². The number of ether oxygens (including phenoxy) is 1. The molecule has 0 aromatic carbocycles. The van der Waals surface area contributed by atoms with Gasteiger partial charge in [0.2, 0.25) is 11.8 Å².